The molecule has 1 aromatic rings. The summed E-state index contributed by atoms with van der Waals surface area (Å²) in [7, 11) is 0. The van der Waals surface area contributed by atoms with Crippen LogP contribution in [0.4, 0.5) is 5.69 Å². The zero-order chi connectivity index (χ0) is 11.6. The molecule has 0 saturated carbocycles. The predicted octanol–water partition coefficient (Wildman–Crippen LogP) is 1.95. The Labute approximate surface area is 96.4 Å². The van der Waals surface area contributed by atoms with Gasteiger partial charge in [0.05, 0.1) is 18.2 Å². The molecule has 0 bridgehead atoms. The van der Waals surface area contributed by atoms with Crippen LogP contribution in [0.25, 0.3) is 0 Å². The third-order valence-corrected chi connectivity index (χ3v) is 3.39. The van der Waals surface area contributed by atoms with E-state index in [9.17, 15) is 5.11 Å². The van der Waals surface area contributed by atoms with Gasteiger partial charge >= 0.3 is 0 Å². The van der Waals surface area contributed by atoms with Gasteiger partial charge in [0, 0.05) is 12.3 Å². The van der Waals surface area contributed by atoms with Gasteiger partial charge in [0.2, 0.25) is 0 Å². The van der Waals surface area contributed by atoms with Crippen LogP contribution < -0.4 is 5.32 Å². The first-order valence-electron chi connectivity index (χ1n) is 5.74. The Morgan fingerprint density at radius 2 is 2.38 bits per heavy atom. The summed E-state index contributed by atoms with van der Waals surface area (Å²) in [6.45, 7) is 4.88. The van der Waals surface area contributed by atoms with Crippen LogP contribution in [0.1, 0.15) is 18.9 Å². The SMILES string of the molecule is Cc1cccc(NC2(CO)CCOC2C)c1. The van der Waals surface area contributed by atoms with Gasteiger partial charge in [-0.2, -0.15) is 0 Å². The number of hydrogen-bond acceptors (Lipinski definition) is 3. The fourth-order valence-corrected chi connectivity index (χ4v) is 2.20. The van der Waals surface area contributed by atoms with Gasteiger partial charge in [0.25, 0.3) is 0 Å². The second kappa shape index (κ2) is 4.44. The summed E-state index contributed by atoms with van der Waals surface area (Å²) in [5.41, 5.74) is 1.93. The van der Waals surface area contributed by atoms with E-state index in [4.69, 9.17) is 4.74 Å². The number of aliphatic hydroxyl groups is 1. The lowest BCUT2D eigenvalue weighted by Gasteiger charge is -2.32. The van der Waals surface area contributed by atoms with Gasteiger partial charge in [0.1, 0.15) is 0 Å². The number of aliphatic hydroxyl groups excluding tert-OH is 1. The van der Waals surface area contributed by atoms with Crippen LogP contribution in [0.3, 0.4) is 0 Å². The highest BCUT2D eigenvalue weighted by Gasteiger charge is 2.40. The molecule has 0 amide bonds. The molecule has 2 rings (SSSR count). The number of hydrogen-bond donors (Lipinski definition) is 2. The van der Waals surface area contributed by atoms with Gasteiger partial charge < -0.3 is 15.2 Å². The average Bonchev–Trinajstić information content (AvgIpc) is 2.61. The first kappa shape index (κ1) is 11.4. The van der Waals surface area contributed by atoms with Crippen molar-refractivity contribution in [3.63, 3.8) is 0 Å². The minimum atomic E-state index is -0.326. The van der Waals surface area contributed by atoms with Crippen molar-refractivity contribution in [1.29, 1.82) is 0 Å². The van der Waals surface area contributed by atoms with Crippen LogP contribution in [-0.4, -0.2) is 30.0 Å². The van der Waals surface area contributed by atoms with Crippen LogP contribution in [0.15, 0.2) is 24.3 Å². The van der Waals surface area contributed by atoms with E-state index in [1.54, 1.807) is 0 Å². The zero-order valence-electron chi connectivity index (χ0n) is 9.86. The van der Waals surface area contributed by atoms with Crippen molar-refractivity contribution in [2.45, 2.75) is 31.9 Å². The highest BCUT2D eigenvalue weighted by Crippen LogP contribution is 2.29. The van der Waals surface area contributed by atoms with Crippen LogP contribution >= 0.6 is 0 Å². The molecule has 3 nitrogen and oxygen atoms in total. The average molecular weight is 221 g/mol. The lowest BCUT2D eigenvalue weighted by Crippen LogP contribution is -2.47. The lowest BCUT2D eigenvalue weighted by atomic mass is 9.92. The van der Waals surface area contributed by atoms with Crippen LogP contribution in [0.2, 0.25) is 0 Å². The summed E-state index contributed by atoms with van der Waals surface area (Å²) in [4.78, 5) is 0. The maximum atomic E-state index is 9.58. The third kappa shape index (κ3) is 2.06. The van der Waals surface area contributed by atoms with Gasteiger partial charge in [-0.3, -0.25) is 0 Å². The molecule has 1 saturated heterocycles. The van der Waals surface area contributed by atoms with Crippen LogP contribution in [0.5, 0.6) is 0 Å². The van der Waals surface area contributed by atoms with Crippen molar-refractivity contribution in [2.75, 3.05) is 18.5 Å². The Bertz CT molecular complexity index is 367. The van der Waals surface area contributed by atoms with E-state index < -0.39 is 0 Å². The van der Waals surface area contributed by atoms with E-state index >= 15 is 0 Å². The summed E-state index contributed by atoms with van der Waals surface area (Å²) in [6, 6.07) is 8.19. The number of nitrogens with one attached hydrogen (secondary N) is 1. The standard InChI is InChI=1S/C13H19NO2/c1-10-4-3-5-12(8-10)14-13(9-15)6-7-16-11(13)2/h3-5,8,11,14-15H,6-7,9H2,1-2H3. The molecule has 0 aliphatic carbocycles. The first-order valence-corrected chi connectivity index (χ1v) is 5.74. The van der Waals surface area contributed by atoms with Crippen LogP contribution in [0, 0.1) is 6.92 Å². The molecule has 1 fully saturated rings. The summed E-state index contributed by atoms with van der Waals surface area (Å²) in [5.74, 6) is 0. The minimum Gasteiger partial charge on any atom is -0.394 e. The first-order chi connectivity index (χ1) is 7.66. The highest BCUT2D eigenvalue weighted by molar-refractivity contribution is 5.48. The zero-order valence-corrected chi connectivity index (χ0v) is 9.86. The smallest absolute Gasteiger partial charge is 0.0885 e. The Balaban J connectivity index is 2.18. The number of ether oxygens (including phenoxy) is 1. The maximum absolute atomic E-state index is 9.58. The van der Waals surface area contributed by atoms with Crippen molar-refractivity contribution in [3.8, 4) is 0 Å². The minimum absolute atomic E-state index is 0.0398. The Kier molecular flexibility index (Phi) is 3.17. The van der Waals surface area contributed by atoms with Gasteiger partial charge in [-0.25, -0.2) is 0 Å². The Morgan fingerprint density at radius 1 is 1.56 bits per heavy atom. The molecular formula is C13H19NO2. The second-order valence-electron chi connectivity index (χ2n) is 4.57. The quantitative estimate of drug-likeness (QED) is 0.819. The number of rotatable bonds is 3. The maximum Gasteiger partial charge on any atom is 0.0885 e. The number of benzene rings is 1. The van der Waals surface area contributed by atoms with Gasteiger partial charge in [-0.05, 0) is 38.0 Å². The monoisotopic (exact) mass is 221 g/mol. The molecule has 2 N–H and O–H groups in total. The topological polar surface area (TPSA) is 41.5 Å². The summed E-state index contributed by atoms with van der Waals surface area (Å²) in [6.07, 6.45) is 0.886. The van der Waals surface area contributed by atoms with Crippen LogP contribution in [-0.2, 0) is 4.74 Å². The molecule has 2 unspecified atom stereocenters. The van der Waals surface area contributed by atoms with Crippen molar-refractivity contribution in [2.24, 2.45) is 0 Å². The van der Waals surface area contributed by atoms with E-state index in [-0.39, 0.29) is 18.2 Å². The Morgan fingerprint density at radius 3 is 2.94 bits per heavy atom. The summed E-state index contributed by atoms with van der Waals surface area (Å²) >= 11 is 0. The molecule has 3 heteroatoms. The van der Waals surface area contributed by atoms with Gasteiger partial charge in [-0.1, -0.05) is 12.1 Å². The third-order valence-electron chi connectivity index (χ3n) is 3.39. The molecule has 2 atom stereocenters. The fourth-order valence-electron chi connectivity index (χ4n) is 2.20. The largest absolute Gasteiger partial charge is 0.394 e. The van der Waals surface area contributed by atoms with E-state index in [1.165, 1.54) is 5.56 Å². The van der Waals surface area contributed by atoms with Crippen molar-refractivity contribution in [3.05, 3.63) is 29.8 Å². The van der Waals surface area contributed by atoms with Crippen molar-refractivity contribution in [1.82, 2.24) is 0 Å². The fraction of sp³-hybridized carbons (Fsp3) is 0.538. The van der Waals surface area contributed by atoms with E-state index in [2.05, 4.69) is 24.4 Å². The molecule has 1 heterocycles. The summed E-state index contributed by atoms with van der Waals surface area (Å²) in [5, 5.41) is 13.0. The number of aryl methyl sites for hydroxylation is 1. The van der Waals surface area contributed by atoms with Gasteiger partial charge in [0.15, 0.2) is 0 Å². The van der Waals surface area contributed by atoms with E-state index in [0.717, 1.165) is 12.1 Å². The molecule has 1 aliphatic heterocycles. The second-order valence-corrected chi connectivity index (χ2v) is 4.57. The van der Waals surface area contributed by atoms with Gasteiger partial charge in [-0.15, -0.1) is 0 Å². The highest BCUT2D eigenvalue weighted by atomic mass is 16.5. The van der Waals surface area contributed by atoms with Crippen molar-refractivity contribution >= 4 is 5.69 Å². The lowest BCUT2D eigenvalue weighted by molar-refractivity contribution is 0.0792. The molecule has 0 radical (unpaired) electrons. The Hall–Kier alpha value is -1.06. The van der Waals surface area contributed by atoms with E-state index in [0.29, 0.717) is 6.61 Å². The normalized spacial score (nSPS) is 29.3. The number of anilines is 1. The molecule has 16 heavy (non-hydrogen) atoms. The molecular weight excluding hydrogens is 202 g/mol. The molecule has 1 aliphatic rings. The van der Waals surface area contributed by atoms with Crippen molar-refractivity contribution < 1.29 is 9.84 Å². The summed E-state index contributed by atoms with van der Waals surface area (Å²) < 4.78 is 5.54. The molecule has 88 valence electrons. The molecule has 1 aromatic carbocycles. The predicted molar refractivity (Wildman–Crippen MR) is 64.6 cm³/mol. The van der Waals surface area contributed by atoms with E-state index in [1.807, 2.05) is 19.1 Å². The molecule has 0 spiro atoms. The molecule has 0 aromatic heterocycles.